The molecule has 1 aromatic heterocycles. The fourth-order valence-electron chi connectivity index (χ4n) is 2.06. The minimum absolute atomic E-state index is 0.231. The summed E-state index contributed by atoms with van der Waals surface area (Å²) < 4.78 is 6.55. The van der Waals surface area contributed by atoms with Crippen molar-refractivity contribution < 1.29 is 9.21 Å². The number of furan rings is 1. The molecule has 0 aliphatic heterocycles. The maximum Gasteiger partial charge on any atom is 0.291 e. The Labute approximate surface area is 136 Å². The average Bonchev–Trinajstić information content (AvgIpc) is 3.00. The molecule has 0 bridgehead atoms. The lowest BCUT2D eigenvalue weighted by Crippen LogP contribution is -2.12. The average molecular weight is 357 g/mol. The van der Waals surface area contributed by atoms with Crippen molar-refractivity contribution in [3.63, 3.8) is 0 Å². The lowest BCUT2D eigenvalue weighted by molar-refractivity contribution is 0.0997. The van der Waals surface area contributed by atoms with E-state index in [1.165, 1.54) is 0 Å². The van der Waals surface area contributed by atoms with Crippen LogP contribution >= 0.6 is 15.9 Å². The molecule has 0 saturated heterocycles. The number of halogens is 1. The zero-order chi connectivity index (χ0) is 15.5. The lowest BCUT2D eigenvalue weighted by Gasteiger charge is -2.06. The predicted octanol–water partition coefficient (Wildman–Crippen LogP) is 4.54. The molecule has 0 aliphatic rings. The summed E-state index contributed by atoms with van der Waals surface area (Å²) in [5.41, 5.74) is 7.77. The van der Waals surface area contributed by atoms with E-state index < -0.39 is 0 Å². The van der Waals surface area contributed by atoms with Crippen LogP contribution in [0, 0.1) is 0 Å². The predicted molar refractivity (Wildman–Crippen MR) is 90.7 cm³/mol. The van der Waals surface area contributed by atoms with Crippen LogP contribution in [0.3, 0.4) is 0 Å². The summed E-state index contributed by atoms with van der Waals surface area (Å²) in [6.07, 6.45) is 0. The first-order valence-corrected chi connectivity index (χ1v) is 7.45. The van der Waals surface area contributed by atoms with Crippen molar-refractivity contribution in [2.24, 2.45) is 0 Å². The van der Waals surface area contributed by atoms with Crippen LogP contribution < -0.4 is 11.1 Å². The molecule has 22 heavy (non-hydrogen) atoms. The zero-order valence-corrected chi connectivity index (χ0v) is 13.1. The number of hydrogen-bond donors (Lipinski definition) is 2. The third-order valence-electron chi connectivity index (χ3n) is 3.18. The van der Waals surface area contributed by atoms with Gasteiger partial charge in [-0.15, -0.1) is 0 Å². The first kappa shape index (κ1) is 14.4. The molecule has 3 rings (SSSR count). The van der Waals surface area contributed by atoms with E-state index in [4.69, 9.17) is 10.2 Å². The summed E-state index contributed by atoms with van der Waals surface area (Å²) in [7, 11) is 0. The first-order chi connectivity index (χ1) is 10.6. The van der Waals surface area contributed by atoms with E-state index in [9.17, 15) is 4.79 Å². The highest BCUT2D eigenvalue weighted by Crippen LogP contribution is 2.29. The van der Waals surface area contributed by atoms with Crippen molar-refractivity contribution in [2.75, 3.05) is 11.1 Å². The van der Waals surface area contributed by atoms with E-state index >= 15 is 0 Å². The van der Waals surface area contributed by atoms with Crippen LogP contribution in [0.25, 0.3) is 11.3 Å². The molecule has 0 fully saturated rings. The van der Waals surface area contributed by atoms with E-state index in [-0.39, 0.29) is 11.7 Å². The van der Waals surface area contributed by atoms with Gasteiger partial charge in [0, 0.05) is 10.0 Å². The van der Waals surface area contributed by atoms with Crippen LogP contribution in [0.1, 0.15) is 10.6 Å². The molecule has 2 aromatic carbocycles. The maximum absolute atomic E-state index is 12.2. The number of para-hydroxylation sites is 2. The number of benzene rings is 2. The Morgan fingerprint density at radius 3 is 2.50 bits per heavy atom. The standard InChI is InChI=1S/C17H13BrN2O2/c18-12-6-2-1-5-11(12)15-9-10-16(22-15)17(21)20-14-8-4-3-7-13(14)19/h1-10H,19H2,(H,20,21). The topological polar surface area (TPSA) is 68.3 Å². The van der Waals surface area contributed by atoms with Gasteiger partial charge < -0.3 is 15.5 Å². The summed E-state index contributed by atoms with van der Waals surface area (Å²) in [5, 5.41) is 2.74. The van der Waals surface area contributed by atoms with Gasteiger partial charge in [-0.1, -0.05) is 46.3 Å². The fraction of sp³-hybridized carbons (Fsp3) is 0. The second-order valence-corrected chi connectivity index (χ2v) is 5.54. The van der Waals surface area contributed by atoms with Gasteiger partial charge in [-0.3, -0.25) is 4.79 Å². The highest BCUT2D eigenvalue weighted by Gasteiger charge is 2.14. The Morgan fingerprint density at radius 2 is 1.73 bits per heavy atom. The number of amides is 1. The number of rotatable bonds is 3. The second kappa shape index (κ2) is 6.07. The van der Waals surface area contributed by atoms with Crippen molar-refractivity contribution in [3.05, 3.63) is 70.9 Å². The van der Waals surface area contributed by atoms with Crippen molar-refractivity contribution in [3.8, 4) is 11.3 Å². The molecule has 0 saturated carbocycles. The number of carbonyl (C=O) groups excluding carboxylic acids is 1. The second-order valence-electron chi connectivity index (χ2n) is 4.69. The van der Waals surface area contributed by atoms with E-state index in [2.05, 4.69) is 21.2 Å². The van der Waals surface area contributed by atoms with E-state index in [0.29, 0.717) is 17.1 Å². The monoisotopic (exact) mass is 356 g/mol. The molecule has 0 spiro atoms. The number of nitrogens with one attached hydrogen (secondary N) is 1. The highest BCUT2D eigenvalue weighted by atomic mass is 79.9. The Balaban J connectivity index is 1.84. The smallest absolute Gasteiger partial charge is 0.291 e. The molecule has 1 heterocycles. The normalized spacial score (nSPS) is 10.4. The number of nitrogens with two attached hydrogens (primary N) is 1. The first-order valence-electron chi connectivity index (χ1n) is 6.66. The third-order valence-corrected chi connectivity index (χ3v) is 3.87. The molecule has 110 valence electrons. The number of nitrogen functional groups attached to an aromatic ring is 1. The summed E-state index contributed by atoms with van der Waals surface area (Å²) in [6.45, 7) is 0. The molecular weight excluding hydrogens is 344 g/mol. The van der Waals surface area contributed by atoms with Crippen molar-refractivity contribution >= 4 is 33.2 Å². The van der Waals surface area contributed by atoms with Crippen LogP contribution in [-0.2, 0) is 0 Å². The molecule has 3 N–H and O–H groups in total. The Kier molecular flexibility index (Phi) is 3.98. The van der Waals surface area contributed by atoms with Crippen molar-refractivity contribution in [1.29, 1.82) is 0 Å². The molecular formula is C17H13BrN2O2. The van der Waals surface area contributed by atoms with Gasteiger partial charge in [0.05, 0.1) is 11.4 Å². The molecule has 5 heteroatoms. The minimum atomic E-state index is -0.337. The minimum Gasteiger partial charge on any atom is -0.451 e. The van der Waals surface area contributed by atoms with Crippen molar-refractivity contribution in [2.45, 2.75) is 0 Å². The van der Waals surface area contributed by atoms with E-state index in [1.807, 2.05) is 30.3 Å². The van der Waals surface area contributed by atoms with Gasteiger partial charge in [0.2, 0.25) is 0 Å². The van der Waals surface area contributed by atoms with Gasteiger partial charge in [-0.05, 0) is 30.3 Å². The third kappa shape index (κ3) is 2.89. The largest absolute Gasteiger partial charge is 0.451 e. The van der Waals surface area contributed by atoms with Gasteiger partial charge >= 0.3 is 0 Å². The molecule has 4 nitrogen and oxygen atoms in total. The molecule has 0 atom stereocenters. The number of hydrogen-bond acceptors (Lipinski definition) is 3. The van der Waals surface area contributed by atoms with Crippen LogP contribution in [0.4, 0.5) is 11.4 Å². The molecule has 3 aromatic rings. The van der Waals surface area contributed by atoms with Crippen molar-refractivity contribution in [1.82, 2.24) is 0 Å². The molecule has 0 radical (unpaired) electrons. The number of carbonyl (C=O) groups is 1. The summed E-state index contributed by atoms with van der Waals surface area (Å²) in [6, 6.07) is 18.2. The van der Waals surface area contributed by atoms with E-state index in [0.717, 1.165) is 10.0 Å². The zero-order valence-electron chi connectivity index (χ0n) is 11.5. The summed E-state index contributed by atoms with van der Waals surface area (Å²) >= 11 is 3.47. The Hall–Kier alpha value is -2.53. The van der Waals surface area contributed by atoms with Gasteiger partial charge in [0.25, 0.3) is 5.91 Å². The Bertz CT molecular complexity index is 827. The highest BCUT2D eigenvalue weighted by molar-refractivity contribution is 9.10. The van der Waals surface area contributed by atoms with Gasteiger partial charge in [-0.2, -0.15) is 0 Å². The van der Waals surface area contributed by atoms with Gasteiger partial charge in [0.1, 0.15) is 5.76 Å². The summed E-state index contributed by atoms with van der Waals surface area (Å²) in [4.78, 5) is 12.2. The van der Waals surface area contributed by atoms with Crippen LogP contribution in [-0.4, -0.2) is 5.91 Å². The number of anilines is 2. The van der Waals surface area contributed by atoms with Crippen LogP contribution in [0.5, 0.6) is 0 Å². The fourth-order valence-corrected chi connectivity index (χ4v) is 2.54. The van der Waals surface area contributed by atoms with Crippen LogP contribution in [0.15, 0.2) is 69.6 Å². The van der Waals surface area contributed by atoms with E-state index in [1.54, 1.807) is 30.3 Å². The maximum atomic E-state index is 12.2. The molecule has 0 aliphatic carbocycles. The molecule has 0 unspecified atom stereocenters. The quantitative estimate of drug-likeness (QED) is 0.676. The SMILES string of the molecule is Nc1ccccc1NC(=O)c1ccc(-c2ccccc2Br)o1. The van der Waals surface area contributed by atoms with Gasteiger partial charge in [0.15, 0.2) is 5.76 Å². The lowest BCUT2D eigenvalue weighted by atomic mass is 10.2. The summed E-state index contributed by atoms with van der Waals surface area (Å²) in [5.74, 6) is 0.517. The van der Waals surface area contributed by atoms with Crippen LogP contribution in [0.2, 0.25) is 0 Å². The van der Waals surface area contributed by atoms with Gasteiger partial charge in [-0.25, -0.2) is 0 Å². The Morgan fingerprint density at radius 1 is 1.00 bits per heavy atom. The molecule has 1 amide bonds.